The zero-order valence-corrected chi connectivity index (χ0v) is 5.95. The van der Waals surface area contributed by atoms with Crippen molar-refractivity contribution in [2.24, 2.45) is 0 Å². The molecule has 3 unspecified atom stereocenters. The van der Waals surface area contributed by atoms with E-state index in [9.17, 15) is 5.11 Å². The van der Waals surface area contributed by atoms with Crippen molar-refractivity contribution in [3.8, 4) is 0 Å². The Morgan fingerprint density at radius 2 is 2.20 bits per heavy atom. The topological polar surface area (TPSA) is 61.7 Å². The molecule has 1 rings (SSSR count). The van der Waals surface area contributed by atoms with Crippen LogP contribution in [-0.2, 0) is 4.74 Å². The predicted molar refractivity (Wildman–Crippen MR) is 35.4 cm³/mol. The van der Waals surface area contributed by atoms with Gasteiger partial charge in [0.1, 0.15) is 6.23 Å². The van der Waals surface area contributed by atoms with Crippen molar-refractivity contribution in [3.05, 3.63) is 0 Å². The minimum atomic E-state index is -0.589. The molecule has 0 amide bonds. The highest BCUT2D eigenvalue weighted by molar-refractivity contribution is 4.74. The largest absolute Gasteiger partial charge is 0.391 e. The lowest BCUT2D eigenvalue weighted by atomic mass is 10.1. The molecule has 0 aromatic carbocycles. The molecule has 1 fully saturated rings. The zero-order chi connectivity index (χ0) is 7.56. The molecule has 1 aliphatic rings. The maximum Gasteiger partial charge on any atom is 0.134 e. The van der Waals surface area contributed by atoms with Gasteiger partial charge in [-0.2, -0.15) is 0 Å². The van der Waals surface area contributed by atoms with Gasteiger partial charge in [0.2, 0.25) is 0 Å². The Hall–Kier alpha value is -0.160. The van der Waals surface area contributed by atoms with Gasteiger partial charge in [-0.05, 0) is 7.05 Å². The van der Waals surface area contributed by atoms with Crippen molar-refractivity contribution in [3.63, 3.8) is 0 Å². The van der Waals surface area contributed by atoms with Crippen molar-refractivity contribution in [2.75, 3.05) is 13.7 Å². The minimum absolute atomic E-state index is 0.308. The number of hydrogen-bond acceptors (Lipinski definition) is 4. The van der Waals surface area contributed by atoms with Crippen LogP contribution in [0.3, 0.4) is 0 Å². The zero-order valence-electron chi connectivity index (χ0n) is 5.95. The van der Waals surface area contributed by atoms with E-state index in [1.807, 2.05) is 0 Å². The summed E-state index contributed by atoms with van der Waals surface area (Å²) in [6.07, 6.45) is -1.03. The average Bonchev–Trinajstić information content (AvgIpc) is 1.88. The molecule has 0 spiro atoms. The van der Waals surface area contributed by atoms with Gasteiger partial charge < -0.3 is 14.9 Å². The number of likely N-dealkylation sites (N-methyl/N-ethyl adjacent to an activating group) is 1. The van der Waals surface area contributed by atoms with Crippen LogP contribution < -0.4 is 5.32 Å². The van der Waals surface area contributed by atoms with Gasteiger partial charge in [-0.3, -0.25) is 5.32 Å². The summed E-state index contributed by atoms with van der Waals surface area (Å²) in [6.45, 7) is 0.308. The molecular weight excluding hydrogens is 134 g/mol. The van der Waals surface area contributed by atoms with E-state index in [1.165, 1.54) is 0 Å². The Balaban J connectivity index is 2.36. The molecule has 3 N–H and O–H groups in total. The first kappa shape index (κ1) is 7.94. The summed E-state index contributed by atoms with van der Waals surface area (Å²) in [7, 11) is 1.71. The van der Waals surface area contributed by atoms with Crippen molar-refractivity contribution in [2.45, 2.75) is 24.9 Å². The van der Waals surface area contributed by atoms with Crippen LogP contribution in [-0.4, -0.2) is 42.3 Å². The van der Waals surface area contributed by atoms with E-state index in [2.05, 4.69) is 5.32 Å². The van der Waals surface area contributed by atoms with Gasteiger partial charge in [-0.15, -0.1) is 0 Å². The normalized spacial score (nSPS) is 41.7. The van der Waals surface area contributed by atoms with Crippen LogP contribution >= 0.6 is 0 Å². The quantitative estimate of drug-likeness (QED) is 0.430. The molecule has 3 atom stereocenters. The molecule has 1 heterocycles. The first-order valence-electron chi connectivity index (χ1n) is 3.39. The minimum Gasteiger partial charge on any atom is -0.391 e. The predicted octanol–water partition coefficient (Wildman–Crippen LogP) is -1.33. The van der Waals surface area contributed by atoms with Gasteiger partial charge in [-0.25, -0.2) is 0 Å². The van der Waals surface area contributed by atoms with E-state index in [0.29, 0.717) is 13.0 Å². The van der Waals surface area contributed by atoms with Gasteiger partial charge in [0.25, 0.3) is 0 Å². The lowest BCUT2D eigenvalue weighted by molar-refractivity contribution is -0.132. The number of nitrogens with one attached hydrogen (secondary N) is 1. The summed E-state index contributed by atoms with van der Waals surface area (Å²) in [5, 5.41) is 21.0. The second-order valence-electron chi connectivity index (χ2n) is 2.50. The van der Waals surface area contributed by atoms with E-state index in [0.717, 1.165) is 0 Å². The Labute approximate surface area is 59.8 Å². The van der Waals surface area contributed by atoms with Crippen molar-refractivity contribution in [1.82, 2.24) is 5.32 Å². The fraction of sp³-hybridized carbons (Fsp3) is 1.00. The van der Waals surface area contributed by atoms with Crippen LogP contribution in [0.1, 0.15) is 6.42 Å². The Bertz CT molecular complexity index is 109. The molecule has 0 bridgehead atoms. The summed E-state index contributed by atoms with van der Waals surface area (Å²) in [4.78, 5) is 0. The van der Waals surface area contributed by atoms with Gasteiger partial charge in [0.05, 0.1) is 18.8 Å². The van der Waals surface area contributed by atoms with Crippen LogP contribution in [0.5, 0.6) is 0 Å². The third-order valence-electron chi connectivity index (χ3n) is 1.62. The highest BCUT2D eigenvalue weighted by atomic mass is 16.5. The smallest absolute Gasteiger partial charge is 0.134 e. The molecule has 0 radical (unpaired) electrons. The molecular formula is C6H13NO3. The molecule has 1 saturated heterocycles. The number of aliphatic hydroxyl groups excluding tert-OH is 2. The first-order chi connectivity index (χ1) is 4.74. The van der Waals surface area contributed by atoms with Crippen LogP contribution in [0.2, 0.25) is 0 Å². The summed E-state index contributed by atoms with van der Waals surface area (Å²) >= 11 is 0. The second-order valence-corrected chi connectivity index (χ2v) is 2.50. The Morgan fingerprint density at radius 3 is 2.70 bits per heavy atom. The third kappa shape index (κ3) is 1.67. The molecule has 0 aromatic heterocycles. The highest BCUT2D eigenvalue weighted by Crippen LogP contribution is 2.11. The molecule has 4 heteroatoms. The van der Waals surface area contributed by atoms with E-state index in [-0.39, 0.29) is 6.23 Å². The van der Waals surface area contributed by atoms with Gasteiger partial charge >= 0.3 is 0 Å². The molecule has 10 heavy (non-hydrogen) atoms. The van der Waals surface area contributed by atoms with Crippen molar-refractivity contribution in [1.29, 1.82) is 0 Å². The molecule has 60 valence electrons. The number of hydrogen-bond donors (Lipinski definition) is 3. The van der Waals surface area contributed by atoms with E-state index in [4.69, 9.17) is 9.84 Å². The standard InChI is InChI=1S/C6H13NO3/c1-7-6-5(9)2-4(8)3-10-6/h4-9H,2-3H2,1H3. The molecule has 0 saturated carbocycles. The fourth-order valence-corrected chi connectivity index (χ4v) is 1.07. The van der Waals surface area contributed by atoms with E-state index >= 15 is 0 Å². The fourth-order valence-electron chi connectivity index (χ4n) is 1.07. The van der Waals surface area contributed by atoms with Gasteiger partial charge in [-0.1, -0.05) is 0 Å². The van der Waals surface area contributed by atoms with Crippen molar-refractivity contribution >= 4 is 0 Å². The average molecular weight is 147 g/mol. The van der Waals surface area contributed by atoms with Crippen LogP contribution in [0.15, 0.2) is 0 Å². The maximum absolute atomic E-state index is 9.19. The SMILES string of the molecule is CNC1OCC(O)CC1O. The molecule has 1 aliphatic heterocycles. The number of aliphatic hydroxyl groups is 2. The van der Waals surface area contributed by atoms with E-state index < -0.39 is 12.2 Å². The Kier molecular flexibility index (Phi) is 2.62. The molecule has 0 aromatic rings. The lowest BCUT2D eigenvalue weighted by Crippen LogP contribution is -2.47. The summed E-state index contributed by atoms with van der Waals surface area (Å²) in [5.41, 5.74) is 0. The second kappa shape index (κ2) is 3.30. The first-order valence-corrected chi connectivity index (χ1v) is 3.39. The number of ether oxygens (including phenoxy) is 1. The summed E-state index contributed by atoms with van der Waals surface area (Å²) in [6, 6.07) is 0. The Morgan fingerprint density at radius 1 is 1.50 bits per heavy atom. The van der Waals surface area contributed by atoms with Gasteiger partial charge in [0.15, 0.2) is 0 Å². The van der Waals surface area contributed by atoms with Crippen LogP contribution in [0.4, 0.5) is 0 Å². The summed E-state index contributed by atoms with van der Waals surface area (Å²) in [5.74, 6) is 0. The third-order valence-corrected chi connectivity index (χ3v) is 1.62. The monoisotopic (exact) mass is 147 g/mol. The van der Waals surface area contributed by atoms with Crippen LogP contribution in [0, 0.1) is 0 Å². The highest BCUT2D eigenvalue weighted by Gasteiger charge is 2.27. The molecule has 4 nitrogen and oxygen atoms in total. The lowest BCUT2D eigenvalue weighted by Gasteiger charge is -2.30. The number of rotatable bonds is 1. The van der Waals surface area contributed by atoms with Crippen LogP contribution in [0.25, 0.3) is 0 Å². The maximum atomic E-state index is 9.19. The van der Waals surface area contributed by atoms with E-state index in [1.54, 1.807) is 7.05 Å². The molecule has 0 aliphatic carbocycles. The summed E-state index contributed by atoms with van der Waals surface area (Å²) < 4.78 is 5.04. The van der Waals surface area contributed by atoms with Crippen molar-refractivity contribution < 1.29 is 14.9 Å². The van der Waals surface area contributed by atoms with Gasteiger partial charge in [0, 0.05) is 6.42 Å².